The van der Waals surface area contributed by atoms with Gasteiger partial charge in [-0.3, -0.25) is 19.4 Å². The minimum atomic E-state index is -0.984. The monoisotopic (exact) mass is 511 g/mol. The van der Waals surface area contributed by atoms with E-state index in [1.165, 1.54) is 4.90 Å². The van der Waals surface area contributed by atoms with Crippen LogP contribution in [0.2, 0.25) is 0 Å². The number of carboxylic acids is 1. The van der Waals surface area contributed by atoms with Gasteiger partial charge in [-0.2, -0.15) is 0 Å². The van der Waals surface area contributed by atoms with Crippen molar-refractivity contribution in [3.63, 3.8) is 0 Å². The SMILES string of the molecule is Cc1ccc(CNC(=O)c2ccccc2-c2ccccc2C(=O)N(CCC(=O)O)CCc2ccccn2)o1. The fraction of sp³-hybridized carbons (Fsp3) is 0.200. The van der Waals surface area contributed by atoms with Gasteiger partial charge in [0.2, 0.25) is 0 Å². The van der Waals surface area contributed by atoms with Gasteiger partial charge in [-0.1, -0.05) is 42.5 Å². The summed E-state index contributed by atoms with van der Waals surface area (Å²) < 4.78 is 5.55. The second-order valence-corrected chi connectivity index (χ2v) is 8.79. The standard InChI is InChI=1S/C30H29N3O5/c1-21-13-14-23(38-21)20-32-29(36)26-11-4-2-9-24(26)25-10-3-5-12-27(25)30(37)33(19-16-28(34)35)18-15-22-8-6-7-17-31-22/h2-14,17H,15-16,18-20H2,1H3,(H,32,36)(H,34,35). The molecule has 0 atom stereocenters. The van der Waals surface area contributed by atoms with E-state index in [2.05, 4.69) is 10.3 Å². The van der Waals surface area contributed by atoms with E-state index in [0.29, 0.717) is 41.0 Å². The minimum Gasteiger partial charge on any atom is -0.481 e. The molecule has 0 radical (unpaired) electrons. The topological polar surface area (TPSA) is 113 Å². The van der Waals surface area contributed by atoms with Crippen LogP contribution in [-0.2, 0) is 17.8 Å². The summed E-state index contributed by atoms with van der Waals surface area (Å²) in [5.41, 5.74) is 2.81. The highest BCUT2D eigenvalue weighted by Gasteiger charge is 2.22. The Bertz CT molecular complexity index is 1410. The van der Waals surface area contributed by atoms with Crippen LogP contribution in [0.25, 0.3) is 11.1 Å². The van der Waals surface area contributed by atoms with Gasteiger partial charge in [-0.25, -0.2) is 0 Å². The van der Waals surface area contributed by atoms with Crippen LogP contribution in [0.3, 0.4) is 0 Å². The van der Waals surface area contributed by atoms with Crippen molar-refractivity contribution < 1.29 is 23.9 Å². The van der Waals surface area contributed by atoms with E-state index < -0.39 is 5.97 Å². The zero-order chi connectivity index (χ0) is 26.9. The third-order valence-electron chi connectivity index (χ3n) is 6.09. The van der Waals surface area contributed by atoms with Crippen molar-refractivity contribution in [3.05, 3.63) is 113 Å². The summed E-state index contributed by atoms with van der Waals surface area (Å²) in [4.78, 5) is 44.1. The summed E-state index contributed by atoms with van der Waals surface area (Å²) in [5, 5.41) is 12.1. The molecule has 0 spiro atoms. The first-order chi connectivity index (χ1) is 18.4. The second-order valence-electron chi connectivity index (χ2n) is 8.79. The lowest BCUT2D eigenvalue weighted by Crippen LogP contribution is -2.35. The molecule has 0 aliphatic heterocycles. The van der Waals surface area contributed by atoms with E-state index in [9.17, 15) is 19.5 Å². The number of hydrogen-bond acceptors (Lipinski definition) is 5. The van der Waals surface area contributed by atoms with Crippen LogP contribution in [0.5, 0.6) is 0 Å². The maximum absolute atomic E-state index is 13.8. The Morgan fingerprint density at radius 2 is 1.55 bits per heavy atom. The first-order valence-electron chi connectivity index (χ1n) is 12.4. The van der Waals surface area contributed by atoms with Gasteiger partial charge in [0.15, 0.2) is 0 Å². The molecular weight excluding hydrogens is 482 g/mol. The fourth-order valence-electron chi connectivity index (χ4n) is 4.17. The quantitative estimate of drug-likeness (QED) is 0.301. The number of nitrogens with one attached hydrogen (secondary N) is 1. The average molecular weight is 512 g/mol. The smallest absolute Gasteiger partial charge is 0.305 e. The number of furan rings is 1. The Hall–Kier alpha value is -4.72. The van der Waals surface area contributed by atoms with E-state index >= 15 is 0 Å². The Kier molecular flexibility index (Phi) is 8.66. The molecule has 38 heavy (non-hydrogen) atoms. The molecule has 2 N–H and O–H groups in total. The van der Waals surface area contributed by atoms with Gasteiger partial charge in [-0.15, -0.1) is 0 Å². The van der Waals surface area contributed by atoms with E-state index in [-0.39, 0.29) is 31.3 Å². The molecule has 194 valence electrons. The molecule has 2 aromatic carbocycles. The van der Waals surface area contributed by atoms with Crippen LogP contribution < -0.4 is 5.32 Å². The highest BCUT2D eigenvalue weighted by atomic mass is 16.4. The Labute approximate surface area is 220 Å². The molecule has 0 unspecified atom stereocenters. The lowest BCUT2D eigenvalue weighted by atomic mass is 9.94. The summed E-state index contributed by atoms with van der Waals surface area (Å²) in [6, 6.07) is 23.4. The van der Waals surface area contributed by atoms with Gasteiger partial charge in [0.25, 0.3) is 11.8 Å². The Morgan fingerprint density at radius 3 is 2.21 bits per heavy atom. The number of carbonyl (C=O) groups excluding carboxylic acids is 2. The number of pyridine rings is 1. The summed E-state index contributed by atoms with van der Waals surface area (Å²) in [6.45, 7) is 2.44. The first kappa shape index (κ1) is 26.3. The van der Waals surface area contributed by atoms with Crippen molar-refractivity contribution in [2.75, 3.05) is 13.1 Å². The van der Waals surface area contributed by atoms with Crippen LogP contribution in [0.15, 0.2) is 89.5 Å². The molecule has 0 saturated carbocycles. The molecule has 2 amide bonds. The minimum absolute atomic E-state index is 0.0556. The predicted octanol–water partition coefficient (Wildman–Crippen LogP) is 4.74. The number of nitrogens with zero attached hydrogens (tertiary/aromatic N) is 2. The predicted molar refractivity (Wildman–Crippen MR) is 143 cm³/mol. The maximum atomic E-state index is 13.8. The molecule has 2 aromatic heterocycles. The number of hydrogen-bond donors (Lipinski definition) is 2. The van der Waals surface area contributed by atoms with E-state index in [1.54, 1.807) is 42.6 Å². The number of aliphatic carboxylic acids is 1. The number of carbonyl (C=O) groups is 3. The molecule has 0 saturated heterocycles. The molecule has 8 nitrogen and oxygen atoms in total. The third-order valence-corrected chi connectivity index (χ3v) is 6.09. The number of benzene rings is 2. The molecular formula is C30H29N3O5. The van der Waals surface area contributed by atoms with Crippen LogP contribution in [0, 0.1) is 6.92 Å². The van der Waals surface area contributed by atoms with Gasteiger partial charge >= 0.3 is 5.97 Å². The van der Waals surface area contributed by atoms with Gasteiger partial charge in [-0.05, 0) is 54.4 Å². The number of aryl methyl sites for hydroxylation is 1. The summed E-state index contributed by atoms with van der Waals surface area (Å²) in [7, 11) is 0. The zero-order valence-electron chi connectivity index (χ0n) is 21.1. The Balaban J connectivity index is 1.60. The summed E-state index contributed by atoms with van der Waals surface area (Å²) in [6.07, 6.45) is 1.99. The lowest BCUT2D eigenvalue weighted by Gasteiger charge is -2.24. The molecule has 0 fully saturated rings. The van der Waals surface area contributed by atoms with Crippen LogP contribution in [-0.4, -0.2) is 45.9 Å². The molecule has 0 bridgehead atoms. The maximum Gasteiger partial charge on any atom is 0.305 e. The van der Waals surface area contributed by atoms with Crippen molar-refractivity contribution in [1.29, 1.82) is 0 Å². The third kappa shape index (κ3) is 6.73. The number of rotatable bonds is 11. The highest BCUT2D eigenvalue weighted by molar-refractivity contribution is 6.06. The van der Waals surface area contributed by atoms with Crippen LogP contribution in [0.1, 0.15) is 44.4 Å². The number of amides is 2. The number of carboxylic acid groups (broad SMARTS) is 1. The van der Waals surface area contributed by atoms with Gasteiger partial charge in [0.1, 0.15) is 11.5 Å². The van der Waals surface area contributed by atoms with Crippen molar-refractivity contribution in [1.82, 2.24) is 15.2 Å². The van der Waals surface area contributed by atoms with Gasteiger partial charge in [0, 0.05) is 42.5 Å². The van der Waals surface area contributed by atoms with Gasteiger partial charge in [0.05, 0.1) is 13.0 Å². The second kappa shape index (κ2) is 12.5. The molecule has 4 rings (SSSR count). The van der Waals surface area contributed by atoms with Crippen molar-refractivity contribution in [3.8, 4) is 11.1 Å². The van der Waals surface area contributed by atoms with Gasteiger partial charge < -0.3 is 19.7 Å². The van der Waals surface area contributed by atoms with E-state index in [4.69, 9.17) is 4.42 Å². The van der Waals surface area contributed by atoms with Crippen molar-refractivity contribution >= 4 is 17.8 Å². The molecule has 8 heteroatoms. The largest absolute Gasteiger partial charge is 0.481 e. The molecule has 2 heterocycles. The fourth-order valence-corrected chi connectivity index (χ4v) is 4.17. The van der Waals surface area contributed by atoms with E-state index in [1.807, 2.05) is 49.4 Å². The number of aromatic nitrogens is 1. The van der Waals surface area contributed by atoms with E-state index in [0.717, 1.165) is 11.5 Å². The average Bonchev–Trinajstić information content (AvgIpc) is 3.36. The molecule has 0 aliphatic carbocycles. The van der Waals surface area contributed by atoms with Crippen LogP contribution >= 0.6 is 0 Å². The highest BCUT2D eigenvalue weighted by Crippen LogP contribution is 2.28. The Morgan fingerprint density at radius 1 is 0.868 bits per heavy atom. The summed E-state index contributed by atoms with van der Waals surface area (Å²) in [5.74, 6) is -0.181. The van der Waals surface area contributed by atoms with Crippen molar-refractivity contribution in [2.45, 2.75) is 26.3 Å². The zero-order valence-corrected chi connectivity index (χ0v) is 21.1. The molecule has 0 aliphatic rings. The normalized spacial score (nSPS) is 10.7. The van der Waals surface area contributed by atoms with Crippen LogP contribution in [0.4, 0.5) is 0 Å². The first-order valence-corrected chi connectivity index (χ1v) is 12.4. The van der Waals surface area contributed by atoms with Crippen molar-refractivity contribution in [2.24, 2.45) is 0 Å². The molecule has 4 aromatic rings. The summed E-state index contributed by atoms with van der Waals surface area (Å²) >= 11 is 0. The lowest BCUT2D eigenvalue weighted by molar-refractivity contribution is -0.137.